The largest absolute Gasteiger partial charge is 0.309 e. The Morgan fingerprint density at radius 1 is 0.243 bits per heavy atom. The average molecular weight is 940 g/mol. The van der Waals surface area contributed by atoms with Crippen LogP contribution in [-0.2, 0) is 5.41 Å². The van der Waals surface area contributed by atoms with Crippen LogP contribution in [0.4, 0.5) is 17.1 Å². The van der Waals surface area contributed by atoms with Crippen LogP contribution in [-0.4, -0.2) is 0 Å². The van der Waals surface area contributed by atoms with Crippen molar-refractivity contribution in [2.75, 3.05) is 4.90 Å². The van der Waals surface area contributed by atoms with E-state index in [0.717, 1.165) is 22.6 Å². The maximum Gasteiger partial charge on any atom is 0.0713 e. The molecule has 13 aromatic carbocycles. The van der Waals surface area contributed by atoms with Crippen LogP contribution < -0.4 is 4.90 Å². The third-order valence-corrected chi connectivity index (χ3v) is 15.6. The van der Waals surface area contributed by atoms with Gasteiger partial charge < -0.3 is 4.90 Å². The van der Waals surface area contributed by atoms with E-state index in [1.165, 1.54) is 105 Å². The van der Waals surface area contributed by atoms with Gasteiger partial charge in [-0.1, -0.05) is 273 Å². The van der Waals surface area contributed by atoms with Crippen molar-refractivity contribution in [2.45, 2.75) is 5.41 Å². The minimum absolute atomic E-state index is 0.510. The second kappa shape index (κ2) is 17.9. The molecule has 346 valence electrons. The van der Waals surface area contributed by atoms with Gasteiger partial charge in [-0.05, 0) is 124 Å². The minimum Gasteiger partial charge on any atom is -0.309 e. The third-order valence-electron chi connectivity index (χ3n) is 15.6. The molecule has 0 spiro atoms. The molecule has 1 aliphatic rings. The number of hydrogen-bond acceptors (Lipinski definition) is 1. The van der Waals surface area contributed by atoms with Crippen molar-refractivity contribution in [1.29, 1.82) is 0 Å². The summed E-state index contributed by atoms with van der Waals surface area (Å²) in [6.45, 7) is 0. The van der Waals surface area contributed by atoms with Crippen molar-refractivity contribution < 1.29 is 0 Å². The molecule has 0 fully saturated rings. The standard InChI is InChI=1S/C73H49N/c1-4-19-50(20-5-1)51-35-37-52(38-36-51)53-39-41-54(42-40-53)55-43-45-59(46-44-55)74(72-67-32-15-13-29-63(67)62-28-12-14-31-66(62)71(72)65-33-18-22-56-21-10-11-27-61(56)65)60-47-48-70-68(49-60)64-30-16-17-34-69(64)73(70,57-23-6-2-7-24-57)58-25-8-3-9-26-58/h1-49H. The molecule has 14 rings (SSSR count). The predicted octanol–water partition coefficient (Wildman–Crippen LogP) is 19.6. The van der Waals surface area contributed by atoms with E-state index in [-0.39, 0.29) is 0 Å². The first-order valence-electron chi connectivity index (χ1n) is 25.7. The number of benzene rings is 13. The van der Waals surface area contributed by atoms with Crippen LogP contribution in [0.25, 0.3) is 88.0 Å². The Kier molecular flexibility index (Phi) is 10.5. The van der Waals surface area contributed by atoms with Gasteiger partial charge in [0.2, 0.25) is 0 Å². The molecule has 13 aromatic rings. The average Bonchev–Trinajstić information content (AvgIpc) is 3.78. The number of nitrogens with zero attached hydrogens (tertiary/aromatic N) is 1. The van der Waals surface area contributed by atoms with Crippen molar-refractivity contribution in [1.82, 2.24) is 0 Å². The van der Waals surface area contributed by atoms with Gasteiger partial charge in [0.1, 0.15) is 0 Å². The molecule has 0 heterocycles. The van der Waals surface area contributed by atoms with E-state index in [9.17, 15) is 0 Å². The maximum absolute atomic E-state index is 2.55. The van der Waals surface area contributed by atoms with Gasteiger partial charge >= 0.3 is 0 Å². The molecule has 0 N–H and O–H groups in total. The van der Waals surface area contributed by atoms with Crippen molar-refractivity contribution in [3.8, 4) is 55.6 Å². The molecule has 0 saturated heterocycles. The van der Waals surface area contributed by atoms with E-state index in [4.69, 9.17) is 0 Å². The fraction of sp³-hybridized carbons (Fsp3) is 0.0137. The Bertz CT molecular complexity index is 4150. The van der Waals surface area contributed by atoms with E-state index < -0.39 is 5.41 Å². The molecule has 0 bridgehead atoms. The fourth-order valence-electron chi connectivity index (χ4n) is 12.2. The second-order valence-corrected chi connectivity index (χ2v) is 19.5. The molecular weight excluding hydrogens is 891 g/mol. The maximum atomic E-state index is 2.55. The van der Waals surface area contributed by atoms with Crippen molar-refractivity contribution in [2.24, 2.45) is 0 Å². The number of rotatable bonds is 9. The summed E-state index contributed by atoms with van der Waals surface area (Å²) < 4.78 is 0. The second-order valence-electron chi connectivity index (χ2n) is 19.5. The van der Waals surface area contributed by atoms with Crippen LogP contribution in [0.15, 0.2) is 297 Å². The lowest BCUT2D eigenvalue weighted by Gasteiger charge is -2.34. The highest BCUT2D eigenvalue weighted by molar-refractivity contribution is 6.24. The quantitative estimate of drug-likeness (QED) is 0.130. The van der Waals surface area contributed by atoms with E-state index in [2.05, 4.69) is 302 Å². The Hall–Kier alpha value is -9.56. The molecule has 0 amide bonds. The molecule has 0 atom stereocenters. The minimum atomic E-state index is -0.510. The molecule has 0 aromatic heterocycles. The summed E-state index contributed by atoms with van der Waals surface area (Å²) in [6, 6.07) is 110. The Balaban J connectivity index is 0.982. The fourth-order valence-corrected chi connectivity index (χ4v) is 12.2. The molecule has 0 saturated carbocycles. The lowest BCUT2D eigenvalue weighted by molar-refractivity contribution is 0.768. The smallest absolute Gasteiger partial charge is 0.0713 e. The zero-order chi connectivity index (χ0) is 49.0. The molecule has 0 aliphatic heterocycles. The summed E-state index contributed by atoms with van der Waals surface area (Å²) in [5.74, 6) is 0. The number of hydrogen-bond donors (Lipinski definition) is 0. The summed E-state index contributed by atoms with van der Waals surface area (Å²) in [5, 5.41) is 7.30. The first-order chi connectivity index (χ1) is 36.7. The van der Waals surface area contributed by atoms with Crippen molar-refractivity contribution in [3.63, 3.8) is 0 Å². The summed E-state index contributed by atoms with van der Waals surface area (Å²) >= 11 is 0. The number of anilines is 3. The van der Waals surface area contributed by atoms with E-state index in [1.54, 1.807) is 0 Å². The highest BCUT2D eigenvalue weighted by atomic mass is 15.1. The SMILES string of the molecule is c1ccc(-c2ccc(-c3ccc(-c4ccc(N(c5ccc6c(c5)-c5ccccc5C6(c5ccccc5)c5ccccc5)c5c(-c6cccc7ccccc67)c6ccccc6c6ccccc56)cc4)cc3)cc2)cc1. The van der Waals surface area contributed by atoms with Crippen molar-refractivity contribution >= 4 is 49.4 Å². The Labute approximate surface area is 432 Å². The molecule has 0 radical (unpaired) electrons. The molecular formula is C73H49N. The van der Waals surface area contributed by atoms with Crippen LogP contribution in [0.1, 0.15) is 22.3 Å². The number of fused-ring (bicyclic) bond motifs is 7. The predicted molar refractivity (Wildman–Crippen MR) is 313 cm³/mol. The highest BCUT2D eigenvalue weighted by Crippen LogP contribution is 2.58. The summed E-state index contributed by atoms with van der Waals surface area (Å²) in [5.41, 5.74) is 20.0. The van der Waals surface area contributed by atoms with Gasteiger partial charge in [0, 0.05) is 22.3 Å². The third kappa shape index (κ3) is 7.00. The van der Waals surface area contributed by atoms with Gasteiger partial charge in [0.25, 0.3) is 0 Å². The van der Waals surface area contributed by atoms with Gasteiger partial charge in [0.05, 0.1) is 11.1 Å². The summed E-state index contributed by atoms with van der Waals surface area (Å²) in [6.07, 6.45) is 0. The first kappa shape index (κ1) is 43.2. The van der Waals surface area contributed by atoms with Crippen LogP contribution >= 0.6 is 0 Å². The molecule has 1 aliphatic carbocycles. The van der Waals surface area contributed by atoms with Crippen LogP contribution in [0.3, 0.4) is 0 Å². The molecule has 0 unspecified atom stereocenters. The normalized spacial score (nSPS) is 12.4. The zero-order valence-corrected chi connectivity index (χ0v) is 40.7. The van der Waals surface area contributed by atoms with E-state index >= 15 is 0 Å². The van der Waals surface area contributed by atoms with Gasteiger partial charge in [-0.3, -0.25) is 0 Å². The van der Waals surface area contributed by atoms with E-state index in [1.807, 2.05) is 0 Å². The monoisotopic (exact) mass is 939 g/mol. The van der Waals surface area contributed by atoms with E-state index in [0.29, 0.717) is 0 Å². The van der Waals surface area contributed by atoms with Crippen LogP contribution in [0, 0.1) is 0 Å². The molecule has 74 heavy (non-hydrogen) atoms. The Morgan fingerprint density at radius 2 is 0.649 bits per heavy atom. The Morgan fingerprint density at radius 3 is 1.26 bits per heavy atom. The topological polar surface area (TPSA) is 3.24 Å². The summed E-state index contributed by atoms with van der Waals surface area (Å²) in [7, 11) is 0. The van der Waals surface area contributed by atoms with Crippen LogP contribution in [0.5, 0.6) is 0 Å². The highest BCUT2D eigenvalue weighted by Gasteiger charge is 2.46. The van der Waals surface area contributed by atoms with Gasteiger partial charge in [-0.2, -0.15) is 0 Å². The first-order valence-corrected chi connectivity index (χ1v) is 25.7. The van der Waals surface area contributed by atoms with Gasteiger partial charge in [-0.15, -0.1) is 0 Å². The van der Waals surface area contributed by atoms with Gasteiger partial charge in [-0.25, -0.2) is 0 Å². The molecule has 1 nitrogen and oxygen atoms in total. The zero-order valence-electron chi connectivity index (χ0n) is 40.7. The van der Waals surface area contributed by atoms with Crippen LogP contribution in [0.2, 0.25) is 0 Å². The summed E-state index contributed by atoms with van der Waals surface area (Å²) in [4.78, 5) is 2.55. The van der Waals surface area contributed by atoms with Crippen molar-refractivity contribution in [3.05, 3.63) is 320 Å². The molecule has 1 heteroatoms. The lowest BCUT2D eigenvalue weighted by Crippen LogP contribution is -2.28. The van der Waals surface area contributed by atoms with Gasteiger partial charge in [0.15, 0.2) is 0 Å². The lowest BCUT2D eigenvalue weighted by atomic mass is 9.68.